The van der Waals surface area contributed by atoms with Crippen LogP contribution < -0.4 is 10.0 Å². The van der Waals surface area contributed by atoms with E-state index in [0.29, 0.717) is 29.7 Å². The topological polar surface area (TPSA) is 95.5 Å². The summed E-state index contributed by atoms with van der Waals surface area (Å²) in [7, 11) is -3.70. The van der Waals surface area contributed by atoms with Gasteiger partial charge in [-0.15, -0.1) is 0 Å². The number of anilines is 1. The van der Waals surface area contributed by atoms with Crippen molar-refractivity contribution in [3.05, 3.63) is 59.2 Å². The van der Waals surface area contributed by atoms with Gasteiger partial charge < -0.3 is 10.4 Å². The van der Waals surface area contributed by atoms with E-state index in [1.807, 2.05) is 13.0 Å². The maximum absolute atomic E-state index is 12.7. The third-order valence-electron chi connectivity index (χ3n) is 5.06. The van der Waals surface area contributed by atoms with E-state index in [2.05, 4.69) is 10.0 Å². The molecule has 2 aromatic rings. The van der Waals surface area contributed by atoms with Crippen molar-refractivity contribution < 1.29 is 18.3 Å². The molecule has 2 aromatic carbocycles. The summed E-state index contributed by atoms with van der Waals surface area (Å²) in [5.74, 6) is -0.190. The molecule has 0 heterocycles. The Hall–Kier alpha value is -2.38. The third-order valence-corrected chi connectivity index (χ3v) is 6.59. The van der Waals surface area contributed by atoms with E-state index in [1.54, 1.807) is 43.3 Å². The number of aryl methyl sites for hydroxylation is 2. The first-order valence-corrected chi connectivity index (χ1v) is 10.9. The Kier molecular flexibility index (Phi) is 6.05. The molecule has 0 aromatic heterocycles. The Labute approximate surface area is 166 Å². The molecule has 150 valence electrons. The van der Waals surface area contributed by atoms with Gasteiger partial charge in [0.1, 0.15) is 0 Å². The molecule has 0 saturated heterocycles. The molecule has 0 aliphatic heterocycles. The summed E-state index contributed by atoms with van der Waals surface area (Å²) in [6, 6.07) is 11.7. The van der Waals surface area contributed by atoms with Crippen LogP contribution >= 0.6 is 0 Å². The standard InChI is InChI=1S/C21H26N2O4S/c1-14-3-4-15(2)20(13-14)28(26,27)23-18-7-5-16(6-8-18)21(25)22-17-9-11-19(24)12-10-17/h3-8,13,17,19,23-24H,9-12H2,1-2H3,(H,22,25). The van der Waals surface area contributed by atoms with Crippen molar-refractivity contribution in [2.45, 2.75) is 56.6 Å². The van der Waals surface area contributed by atoms with Gasteiger partial charge in [0.15, 0.2) is 0 Å². The molecular formula is C21H26N2O4S. The number of amides is 1. The molecule has 0 radical (unpaired) electrons. The summed E-state index contributed by atoms with van der Waals surface area (Å²) < 4.78 is 27.9. The number of nitrogens with one attached hydrogen (secondary N) is 2. The molecular weight excluding hydrogens is 376 g/mol. The largest absolute Gasteiger partial charge is 0.393 e. The highest BCUT2D eigenvalue weighted by atomic mass is 32.2. The quantitative estimate of drug-likeness (QED) is 0.716. The minimum Gasteiger partial charge on any atom is -0.393 e. The zero-order chi connectivity index (χ0) is 20.3. The maximum atomic E-state index is 12.7. The number of hydrogen-bond acceptors (Lipinski definition) is 4. The summed E-state index contributed by atoms with van der Waals surface area (Å²) in [6.07, 6.45) is 2.66. The van der Waals surface area contributed by atoms with Gasteiger partial charge in [-0.25, -0.2) is 8.42 Å². The van der Waals surface area contributed by atoms with Gasteiger partial charge in [-0.1, -0.05) is 12.1 Å². The number of hydrogen-bond donors (Lipinski definition) is 3. The van der Waals surface area contributed by atoms with Gasteiger partial charge in [-0.2, -0.15) is 0 Å². The van der Waals surface area contributed by atoms with E-state index < -0.39 is 10.0 Å². The predicted molar refractivity (Wildman–Crippen MR) is 109 cm³/mol. The summed E-state index contributed by atoms with van der Waals surface area (Å²) >= 11 is 0. The minimum atomic E-state index is -3.70. The van der Waals surface area contributed by atoms with Crippen LogP contribution in [0.5, 0.6) is 0 Å². The first-order valence-electron chi connectivity index (χ1n) is 9.43. The zero-order valence-electron chi connectivity index (χ0n) is 16.1. The van der Waals surface area contributed by atoms with Crippen LogP contribution in [0, 0.1) is 13.8 Å². The van der Waals surface area contributed by atoms with E-state index in [-0.39, 0.29) is 22.9 Å². The van der Waals surface area contributed by atoms with Gasteiger partial charge in [0.2, 0.25) is 0 Å². The Morgan fingerprint density at radius 2 is 1.64 bits per heavy atom. The van der Waals surface area contributed by atoms with Crippen molar-refractivity contribution in [3.8, 4) is 0 Å². The summed E-state index contributed by atoms with van der Waals surface area (Å²) in [5.41, 5.74) is 2.42. The maximum Gasteiger partial charge on any atom is 0.262 e. The lowest BCUT2D eigenvalue weighted by Gasteiger charge is -2.26. The smallest absolute Gasteiger partial charge is 0.262 e. The average molecular weight is 403 g/mol. The summed E-state index contributed by atoms with van der Waals surface area (Å²) in [6.45, 7) is 3.60. The molecule has 3 rings (SSSR count). The monoisotopic (exact) mass is 402 g/mol. The van der Waals surface area contributed by atoms with Crippen LogP contribution in [0.15, 0.2) is 47.4 Å². The highest BCUT2D eigenvalue weighted by Gasteiger charge is 2.21. The van der Waals surface area contributed by atoms with Gasteiger partial charge in [0, 0.05) is 17.3 Å². The first kappa shape index (κ1) is 20.4. The van der Waals surface area contributed by atoms with Crippen LogP contribution in [0.3, 0.4) is 0 Å². The highest BCUT2D eigenvalue weighted by Crippen LogP contribution is 2.22. The molecule has 1 aliphatic carbocycles. The summed E-state index contributed by atoms with van der Waals surface area (Å²) in [4.78, 5) is 12.6. The molecule has 28 heavy (non-hydrogen) atoms. The number of carbonyl (C=O) groups is 1. The minimum absolute atomic E-state index is 0.0679. The van der Waals surface area contributed by atoms with E-state index in [4.69, 9.17) is 0 Å². The van der Waals surface area contributed by atoms with E-state index >= 15 is 0 Å². The fourth-order valence-corrected chi connectivity index (χ4v) is 4.77. The molecule has 1 aliphatic rings. The van der Waals surface area contributed by atoms with Gasteiger partial charge in [-0.3, -0.25) is 9.52 Å². The van der Waals surface area contributed by atoms with E-state index in [9.17, 15) is 18.3 Å². The Balaban J connectivity index is 1.67. The molecule has 7 heteroatoms. The van der Waals surface area contributed by atoms with Crippen LogP contribution in [-0.2, 0) is 10.0 Å². The average Bonchev–Trinajstić information content (AvgIpc) is 2.65. The zero-order valence-corrected chi connectivity index (χ0v) is 16.9. The van der Waals surface area contributed by atoms with Crippen molar-refractivity contribution in [2.75, 3.05) is 4.72 Å². The van der Waals surface area contributed by atoms with Crippen molar-refractivity contribution in [2.24, 2.45) is 0 Å². The first-order chi connectivity index (χ1) is 13.2. The van der Waals surface area contributed by atoms with Gasteiger partial charge in [0.05, 0.1) is 11.0 Å². The van der Waals surface area contributed by atoms with Crippen LogP contribution in [0.4, 0.5) is 5.69 Å². The molecule has 0 unspecified atom stereocenters. The third kappa shape index (κ3) is 4.91. The Morgan fingerprint density at radius 1 is 1.00 bits per heavy atom. The lowest BCUT2D eigenvalue weighted by Crippen LogP contribution is -2.38. The van der Waals surface area contributed by atoms with E-state index in [0.717, 1.165) is 18.4 Å². The van der Waals surface area contributed by atoms with Crippen molar-refractivity contribution in [1.29, 1.82) is 0 Å². The second-order valence-electron chi connectivity index (χ2n) is 7.43. The summed E-state index contributed by atoms with van der Waals surface area (Å²) in [5, 5.41) is 12.5. The number of rotatable bonds is 5. The molecule has 1 saturated carbocycles. The number of aliphatic hydroxyl groups excluding tert-OH is 1. The predicted octanol–water partition coefficient (Wildman–Crippen LogP) is 3.14. The lowest BCUT2D eigenvalue weighted by atomic mass is 9.93. The van der Waals surface area contributed by atoms with Gasteiger partial charge >= 0.3 is 0 Å². The highest BCUT2D eigenvalue weighted by molar-refractivity contribution is 7.92. The van der Waals surface area contributed by atoms with E-state index in [1.165, 1.54) is 0 Å². The number of aliphatic hydroxyl groups is 1. The SMILES string of the molecule is Cc1ccc(C)c(S(=O)(=O)Nc2ccc(C(=O)NC3CCC(O)CC3)cc2)c1. The molecule has 1 amide bonds. The molecule has 0 bridgehead atoms. The van der Waals surface area contributed by atoms with Crippen molar-refractivity contribution in [3.63, 3.8) is 0 Å². The number of benzene rings is 2. The van der Waals surface area contributed by atoms with Crippen molar-refractivity contribution in [1.82, 2.24) is 5.32 Å². The second kappa shape index (κ2) is 8.32. The van der Waals surface area contributed by atoms with Crippen LogP contribution in [0.1, 0.15) is 47.2 Å². The normalized spacial score (nSPS) is 19.8. The fraction of sp³-hybridized carbons (Fsp3) is 0.381. The van der Waals surface area contributed by atoms with Crippen LogP contribution in [-0.4, -0.2) is 31.6 Å². The lowest BCUT2D eigenvalue weighted by molar-refractivity contribution is 0.0867. The van der Waals surface area contributed by atoms with Gasteiger partial charge in [-0.05, 0) is 81.0 Å². The van der Waals surface area contributed by atoms with Crippen LogP contribution in [0.2, 0.25) is 0 Å². The Bertz CT molecular complexity index is 947. The molecule has 0 spiro atoms. The molecule has 6 nitrogen and oxygen atoms in total. The van der Waals surface area contributed by atoms with Gasteiger partial charge in [0.25, 0.3) is 15.9 Å². The number of carbonyl (C=O) groups excluding carboxylic acids is 1. The number of sulfonamides is 1. The molecule has 3 N–H and O–H groups in total. The molecule has 0 atom stereocenters. The van der Waals surface area contributed by atoms with Crippen molar-refractivity contribution >= 4 is 21.6 Å². The second-order valence-corrected chi connectivity index (χ2v) is 9.08. The van der Waals surface area contributed by atoms with Crippen LogP contribution in [0.25, 0.3) is 0 Å². The molecule has 1 fully saturated rings. The Morgan fingerprint density at radius 3 is 2.29 bits per heavy atom. The fourth-order valence-electron chi connectivity index (χ4n) is 3.39.